The summed E-state index contributed by atoms with van der Waals surface area (Å²) in [6.07, 6.45) is 3.04. The van der Waals surface area contributed by atoms with Crippen LogP contribution in [-0.4, -0.2) is 28.2 Å². The van der Waals surface area contributed by atoms with Gasteiger partial charge in [0.1, 0.15) is 11.6 Å². The minimum Gasteiger partial charge on any atom is -0.497 e. The number of carbonyl (C=O) groups excluding carboxylic acids is 1. The molecule has 2 aromatic carbocycles. The molecule has 0 saturated heterocycles. The fourth-order valence-corrected chi connectivity index (χ4v) is 2.12. The number of aromatic amines is 1. The molecule has 0 aliphatic rings. The van der Waals surface area contributed by atoms with Gasteiger partial charge in [-0.15, -0.1) is 5.10 Å². The third kappa shape index (κ3) is 4.29. The Morgan fingerprint density at radius 2 is 2.04 bits per heavy atom. The van der Waals surface area contributed by atoms with Crippen LogP contribution in [0.4, 0.5) is 10.3 Å². The van der Waals surface area contributed by atoms with Crippen molar-refractivity contribution in [3.8, 4) is 17.1 Å². The molecule has 0 bridgehead atoms. The molecular formula is C18H15FN4O2. The van der Waals surface area contributed by atoms with Crippen LogP contribution in [0.3, 0.4) is 0 Å². The topological polar surface area (TPSA) is 79.9 Å². The van der Waals surface area contributed by atoms with E-state index in [-0.39, 0.29) is 17.7 Å². The van der Waals surface area contributed by atoms with E-state index in [9.17, 15) is 9.18 Å². The van der Waals surface area contributed by atoms with E-state index in [4.69, 9.17) is 4.74 Å². The maximum atomic E-state index is 12.9. The number of benzene rings is 2. The standard InChI is InChI=1S/C18H15FN4O2/c1-25-15-4-2-3-12(11-15)5-10-16(24)20-18-21-17(22-23-18)13-6-8-14(19)9-7-13/h2-11H,1H3,(H2,20,21,22,23,24)/b10-5+. The largest absolute Gasteiger partial charge is 0.497 e. The number of nitrogens with one attached hydrogen (secondary N) is 2. The highest BCUT2D eigenvalue weighted by Crippen LogP contribution is 2.16. The van der Waals surface area contributed by atoms with E-state index >= 15 is 0 Å². The van der Waals surface area contributed by atoms with Gasteiger partial charge in [0.25, 0.3) is 5.91 Å². The lowest BCUT2D eigenvalue weighted by Gasteiger charge is -2.00. The Bertz CT molecular complexity index is 903. The molecule has 7 heteroatoms. The Kier molecular flexibility index (Phi) is 4.84. The number of halogens is 1. The molecule has 0 aliphatic heterocycles. The number of hydrogen-bond donors (Lipinski definition) is 2. The number of nitrogens with zero attached hydrogens (tertiary/aromatic N) is 2. The summed E-state index contributed by atoms with van der Waals surface area (Å²) in [5.41, 5.74) is 1.50. The molecule has 3 aromatic rings. The highest BCUT2D eigenvalue weighted by atomic mass is 19.1. The number of ether oxygens (including phenoxy) is 1. The molecule has 0 unspecified atom stereocenters. The summed E-state index contributed by atoms with van der Waals surface area (Å²) in [6.45, 7) is 0. The first kappa shape index (κ1) is 16.4. The van der Waals surface area contributed by atoms with Gasteiger partial charge in [-0.1, -0.05) is 12.1 Å². The summed E-state index contributed by atoms with van der Waals surface area (Å²) in [4.78, 5) is 16.1. The first-order valence-electron chi connectivity index (χ1n) is 7.45. The minimum absolute atomic E-state index is 0.139. The molecule has 1 amide bonds. The molecule has 0 fully saturated rings. The van der Waals surface area contributed by atoms with Gasteiger partial charge >= 0.3 is 0 Å². The highest BCUT2D eigenvalue weighted by Gasteiger charge is 2.07. The van der Waals surface area contributed by atoms with Gasteiger partial charge in [-0.05, 0) is 48.0 Å². The fourth-order valence-electron chi connectivity index (χ4n) is 2.12. The van der Waals surface area contributed by atoms with Crippen molar-refractivity contribution in [2.75, 3.05) is 12.4 Å². The minimum atomic E-state index is -0.368. The number of anilines is 1. The van der Waals surface area contributed by atoms with E-state index < -0.39 is 0 Å². The van der Waals surface area contributed by atoms with E-state index in [1.807, 2.05) is 24.3 Å². The molecule has 1 aromatic heterocycles. The van der Waals surface area contributed by atoms with Crippen LogP contribution in [0.5, 0.6) is 5.75 Å². The second-order valence-electron chi connectivity index (χ2n) is 5.11. The number of H-pyrrole nitrogens is 1. The van der Waals surface area contributed by atoms with Gasteiger partial charge in [0.05, 0.1) is 7.11 Å². The molecule has 0 radical (unpaired) electrons. The third-order valence-corrected chi connectivity index (χ3v) is 3.36. The van der Waals surface area contributed by atoms with Gasteiger partial charge in [0.15, 0.2) is 5.82 Å². The molecule has 6 nitrogen and oxygen atoms in total. The fraction of sp³-hybridized carbons (Fsp3) is 0.0556. The molecule has 2 N–H and O–H groups in total. The zero-order chi connectivity index (χ0) is 17.6. The number of methoxy groups -OCH3 is 1. The van der Waals surface area contributed by atoms with Crippen LogP contribution in [0.25, 0.3) is 17.5 Å². The molecule has 0 aliphatic carbocycles. The molecule has 1 heterocycles. The normalized spacial score (nSPS) is 10.8. The predicted octanol–water partition coefficient (Wildman–Crippen LogP) is 3.27. The predicted molar refractivity (Wildman–Crippen MR) is 92.4 cm³/mol. The van der Waals surface area contributed by atoms with E-state index in [0.717, 1.165) is 5.56 Å². The number of hydrogen-bond acceptors (Lipinski definition) is 4. The maximum Gasteiger partial charge on any atom is 0.250 e. The summed E-state index contributed by atoms with van der Waals surface area (Å²) in [6, 6.07) is 13.1. The van der Waals surface area contributed by atoms with Gasteiger partial charge < -0.3 is 4.74 Å². The van der Waals surface area contributed by atoms with Crippen LogP contribution in [0.15, 0.2) is 54.6 Å². The average Bonchev–Trinajstić information content (AvgIpc) is 3.09. The lowest BCUT2D eigenvalue weighted by atomic mass is 10.2. The van der Waals surface area contributed by atoms with Crippen molar-refractivity contribution in [2.45, 2.75) is 0 Å². The summed E-state index contributed by atoms with van der Waals surface area (Å²) in [5.74, 6) is 0.583. The second kappa shape index (κ2) is 7.39. The van der Waals surface area contributed by atoms with E-state index in [1.165, 1.54) is 18.2 Å². The Hall–Kier alpha value is -3.48. The molecule has 25 heavy (non-hydrogen) atoms. The number of aromatic nitrogens is 3. The lowest BCUT2D eigenvalue weighted by molar-refractivity contribution is -0.111. The average molecular weight is 338 g/mol. The zero-order valence-corrected chi connectivity index (χ0v) is 13.4. The van der Waals surface area contributed by atoms with Crippen LogP contribution < -0.4 is 10.1 Å². The maximum absolute atomic E-state index is 12.9. The van der Waals surface area contributed by atoms with E-state index in [2.05, 4.69) is 20.5 Å². The van der Waals surface area contributed by atoms with Crippen molar-refractivity contribution in [3.63, 3.8) is 0 Å². The molecule has 126 valence electrons. The van der Waals surface area contributed by atoms with Gasteiger partial charge in [-0.2, -0.15) is 4.98 Å². The monoisotopic (exact) mass is 338 g/mol. The summed E-state index contributed by atoms with van der Waals surface area (Å²) in [5, 5.41) is 9.18. The van der Waals surface area contributed by atoms with Crippen molar-refractivity contribution in [1.29, 1.82) is 0 Å². The summed E-state index contributed by atoms with van der Waals surface area (Å²) < 4.78 is 18.1. The van der Waals surface area contributed by atoms with Gasteiger partial charge in [-0.3, -0.25) is 15.2 Å². The van der Waals surface area contributed by atoms with Gasteiger partial charge in [0.2, 0.25) is 5.95 Å². The molecule has 0 spiro atoms. The van der Waals surface area contributed by atoms with Crippen molar-refractivity contribution in [3.05, 3.63) is 66.0 Å². The van der Waals surface area contributed by atoms with Crippen molar-refractivity contribution in [1.82, 2.24) is 15.2 Å². The second-order valence-corrected chi connectivity index (χ2v) is 5.11. The van der Waals surface area contributed by atoms with Crippen LogP contribution in [0.1, 0.15) is 5.56 Å². The number of amides is 1. The van der Waals surface area contributed by atoms with Crippen LogP contribution in [-0.2, 0) is 4.79 Å². The molecule has 0 saturated carbocycles. The van der Waals surface area contributed by atoms with Gasteiger partial charge in [0, 0.05) is 11.6 Å². The van der Waals surface area contributed by atoms with Crippen LogP contribution in [0.2, 0.25) is 0 Å². The third-order valence-electron chi connectivity index (χ3n) is 3.36. The van der Waals surface area contributed by atoms with Crippen molar-refractivity contribution < 1.29 is 13.9 Å². The zero-order valence-electron chi connectivity index (χ0n) is 13.4. The van der Waals surface area contributed by atoms with E-state index in [0.29, 0.717) is 17.1 Å². The first-order valence-corrected chi connectivity index (χ1v) is 7.45. The Morgan fingerprint density at radius 1 is 1.24 bits per heavy atom. The van der Waals surface area contributed by atoms with Crippen LogP contribution >= 0.6 is 0 Å². The quantitative estimate of drug-likeness (QED) is 0.700. The van der Waals surface area contributed by atoms with Crippen LogP contribution in [0, 0.1) is 5.82 Å². The Balaban J connectivity index is 1.65. The lowest BCUT2D eigenvalue weighted by Crippen LogP contribution is -2.09. The summed E-state index contributed by atoms with van der Waals surface area (Å²) >= 11 is 0. The highest BCUT2D eigenvalue weighted by molar-refractivity contribution is 6.01. The molecular weight excluding hydrogens is 323 g/mol. The van der Waals surface area contributed by atoms with Crippen molar-refractivity contribution >= 4 is 17.9 Å². The summed E-state index contributed by atoms with van der Waals surface area (Å²) in [7, 11) is 1.58. The number of rotatable bonds is 5. The number of carbonyl (C=O) groups is 1. The van der Waals surface area contributed by atoms with Crippen molar-refractivity contribution in [2.24, 2.45) is 0 Å². The SMILES string of the molecule is COc1cccc(/C=C/C(=O)Nc2n[nH]c(-c3ccc(F)cc3)n2)c1. The Labute approximate surface area is 143 Å². The smallest absolute Gasteiger partial charge is 0.250 e. The first-order chi connectivity index (χ1) is 12.1. The Morgan fingerprint density at radius 3 is 2.80 bits per heavy atom. The van der Waals surface area contributed by atoms with E-state index in [1.54, 1.807) is 25.3 Å². The van der Waals surface area contributed by atoms with Gasteiger partial charge in [-0.25, -0.2) is 4.39 Å². The molecule has 3 rings (SSSR count). The molecule has 0 atom stereocenters.